The van der Waals surface area contributed by atoms with Gasteiger partial charge in [-0.25, -0.2) is 13.2 Å². The zero-order chi connectivity index (χ0) is 13.9. The van der Waals surface area contributed by atoms with Crippen LogP contribution in [0.25, 0.3) is 0 Å². The molecule has 2 atom stereocenters. The lowest BCUT2D eigenvalue weighted by Gasteiger charge is -2.16. The van der Waals surface area contributed by atoms with Crippen LogP contribution >= 0.6 is 0 Å². The van der Waals surface area contributed by atoms with Crippen LogP contribution in [0.2, 0.25) is 0 Å². The Balaban J connectivity index is 2.95. The third kappa shape index (κ3) is 3.28. The smallest absolute Gasteiger partial charge is 0.337 e. The molecule has 0 aliphatic carbocycles. The molecule has 0 aliphatic rings. The summed E-state index contributed by atoms with van der Waals surface area (Å²) in [5.41, 5.74) is 0.223. The van der Waals surface area contributed by atoms with E-state index in [1.807, 2.05) is 0 Å². The highest BCUT2D eigenvalue weighted by molar-refractivity contribution is 7.90. The summed E-state index contributed by atoms with van der Waals surface area (Å²) in [6.07, 6.45) is -2.12. The number of aliphatic hydroxyl groups excluding tert-OH is 2. The minimum Gasteiger partial charge on any atom is -0.467 e. The number of carbonyl (C=O) groups is 1. The molecule has 100 valence electrons. The standard InChI is InChI=1S/C11H14O6S/c1-17-11(14)10(13)9(12)7-3-5-8(6-4-7)18(2,15)16/h3-6,9-10,12-13H,1-2H3. The van der Waals surface area contributed by atoms with E-state index < -0.39 is 28.0 Å². The summed E-state index contributed by atoms with van der Waals surface area (Å²) >= 11 is 0. The van der Waals surface area contributed by atoms with Crippen LogP contribution in [-0.2, 0) is 19.4 Å². The van der Waals surface area contributed by atoms with Gasteiger partial charge < -0.3 is 14.9 Å². The molecule has 2 unspecified atom stereocenters. The van der Waals surface area contributed by atoms with E-state index in [0.29, 0.717) is 0 Å². The van der Waals surface area contributed by atoms with E-state index in [9.17, 15) is 23.4 Å². The molecule has 0 bridgehead atoms. The van der Waals surface area contributed by atoms with Crippen LogP contribution in [0.3, 0.4) is 0 Å². The lowest BCUT2D eigenvalue weighted by molar-refractivity contribution is -0.156. The predicted molar refractivity (Wildman–Crippen MR) is 62.5 cm³/mol. The number of carbonyl (C=O) groups excluding carboxylic acids is 1. The second-order valence-corrected chi connectivity index (χ2v) is 5.77. The Labute approximate surface area is 105 Å². The molecule has 1 rings (SSSR count). The molecular formula is C11H14O6S. The van der Waals surface area contributed by atoms with E-state index in [4.69, 9.17) is 0 Å². The number of methoxy groups -OCH3 is 1. The first-order chi connectivity index (χ1) is 8.27. The molecule has 0 aliphatic heterocycles. The zero-order valence-corrected chi connectivity index (χ0v) is 10.7. The molecule has 0 saturated carbocycles. The van der Waals surface area contributed by atoms with Gasteiger partial charge >= 0.3 is 5.97 Å². The number of benzene rings is 1. The minimum atomic E-state index is -3.32. The monoisotopic (exact) mass is 274 g/mol. The normalized spacial score (nSPS) is 14.9. The molecule has 0 aromatic heterocycles. The van der Waals surface area contributed by atoms with Crippen molar-refractivity contribution in [3.8, 4) is 0 Å². The van der Waals surface area contributed by atoms with Crippen molar-refractivity contribution in [2.45, 2.75) is 17.1 Å². The molecule has 7 heteroatoms. The van der Waals surface area contributed by atoms with Crippen molar-refractivity contribution in [2.24, 2.45) is 0 Å². The molecule has 18 heavy (non-hydrogen) atoms. The van der Waals surface area contributed by atoms with Crippen molar-refractivity contribution >= 4 is 15.8 Å². The van der Waals surface area contributed by atoms with Gasteiger partial charge in [0.2, 0.25) is 0 Å². The number of esters is 1. The molecular weight excluding hydrogens is 260 g/mol. The third-order valence-corrected chi connectivity index (χ3v) is 3.52. The van der Waals surface area contributed by atoms with Gasteiger partial charge in [0.1, 0.15) is 6.10 Å². The Morgan fingerprint density at radius 2 is 1.72 bits per heavy atom. The molecule has 6 nitrogen and oxygen atoms in total. The first kappa shape index (κ1) is 14.6. The van der Waals surface area contributed by atoms with Crippen LogP contribution in [0.1, 0.15) is 11.7 Å². The van der Waals surface area contributed by atoms with E-state index in [-0.39, 0.29) is 10.5 Å². The van der Waals surface area contributed by atoms with Crippen molar-refractivity contribution < 1.29 is 28.2 Å². The third-order valence-electron chi connectivity index (χ3n) is 2.39. The van der Waals surface area contributed by atoms with Crippen molar-refractivity contribution in [3.05, 3.63) is 29.8 Å². The van der Waals surface area contributed by atoms with Gasteiger partial charge in [-0.3, -0.25) is 0 Å². The lowest BCUT2D eigenvalue weighted by Crippen LogP contribution is -2.29. The highest BCUT2D eigenvalue weighted by Crippen LogP contribution is 2.19. The number of hydrogen-bond acceptors (Lipinski definition) is 6. The Morgan fingerprint density at radius 3 is 2.11 bits per heavy atom. The van der Waals surface area contributed by atoms with Gasteiger partial charge in [0.25, 0.3) is 0 Å². The van der Waals surface area contributed by atoms with Gasteiger partial charge in [0.15, 0.2) is 15.9 Å². The molecule has 0 spiro atoms. The maximum absolute atomic E-state index is 11.2. The Bertz CT molecular complexity index is 519. The van der Waals surface area contributed by atoms with Crippen molar-refractivity contribution in [1.82, 2.24) is 0 Å². The molecule has 0 heterocycles. The van der Waals surface area contributed by atoms with Crippen LogP contribution in [-0.4, -0.2) is 44.1 Å². The van der Waals surface area contributed by atoms with Crippen molar-refractivity contribution in [3.63, 3.8) is 0 Å². The maximum atomic E-state index is 11.2. The SMILES string of the molecule is COC(=O)C(O)C(O)c1ccc(S(C)(=O)=O)cc1. The molecule has 1 aromatic carbocycles. The average molecular weight is 274 g/mol. The van der Waals surface area contributed by atoms with E-state index in [1.165, 1.54) is 24.3 Å². The molecule has 0 saturated heterocycles. The average Bonchev–Trinajstić information content (AvgIpc) is 2.35. The van der Waals surface area contributed by atoms with Gasteiger partial charge in [-0.1, -0.05) is 12.1 Å². The van der Waals surface area contributed by atoms with Gasteiger partial charge in [0, 0.05) is 6.26 Å². The molecule has 1 aromatic rings. The van der Waals surface area contributed by atoms with Gasteiger partial charge in [-0.05, 0) is 17.7 Å². The highest BCUT2D eigenvalue weighted by atomic mass is 32.2. The zero-order valence-electron chi connectivity index (χ0n) is 9.90. The quantitative estimate of drug-likeness (QED) is 0.728. The van der Waals surface area contributed by atoms with Gasteiger partial charge in [-0.15, -0.1) is 0 Å². The number of sulfone groups is 1. The molecule has 0 amide bonds. The fourth-order valence-corrected chi connectivity index (χ4v) is 1.97. The first-order valence-corrected chi connectivity index (χ1v) is 6.90. The van der Waals surface area contributed by atoms with Crippen LogP contribution in [0.15, 0.2) is 29.2 Å². The number of rotatable bonds is 4. The van der Waals surface area contributed by atoms with E-state index >= 15 is 0 Å². The lowest BCUT2D eigenvalue weighted by atomic mass is 10.0. The van der Waals surface area contributed by atoms with E-state index in [2.05, 4.69) is 4.74 Å². The summed E-state index contributed by atoms with van der Waals surface area (Å²) in [6, 6.07) is 5.23. The van der Waals surface area contributed by atoms with E-state index in [1.54, 1.807) is 0 Å². The van der Waals surface area contributed by atoms with Gasteiger partial charge in [0.05, 0.1) is 12.0 Å². The minimum absolute atomic E-state index is 0.0889. The van der Waals surface area contributed by atoms with Crippen LogP contribution in [0.4, 0.5) is 0 Å². The second kappa shape index (κ2) is 5.47. The Kier molecular flexibility index (Phi) is 4.44. The van der Waals surface area contributed by atoms with Crippen LogP contribution in [0, 0.1) is 0 Å². The summed E-state index contributed by atoms with van der Waals surface area (Å²) < 4.78 is 26.7. The molecule has 2 N–H and O–H groups in total. The second-order valence-electron chi connectivity index (χ2n) is 3.75. The van der Waals surface area contributed by atoms with Crippen molar-refractivity contribution in [2.75, 3.05) is 13.4 Å². The van der Waals surface area contributed by atoms with Crippen molar-refractivity contribution in [1.29, 1.82) is 0 Å². The summed E-state index contributed by atoms with van der Waals surface area (Å²) in [5, 5.41) is 19.1. The number of aliphatic hydroxyl groups is 2. The Morgan fingerprint density at radius 1 is 1.22 bits per heavy atom. The largest absolute Gasteiger partial charge is 0.467 e. The predicted octanol–water partition coefficient (Wildman–Crippen LogP) is -0.343. The summed E-state index contributed by atoms with van der Waals surface area (Å²) in [5.74, 6) is -0.963. The number of ether oxygens (including phenoxy) is 1. The summed E-state index contributed by atoms with van der Waals surface area (Å²) in [6.45, 7) is 0. The van der Waals surface area contributed by atoms with E-state index in [0.717, 1.165) is 13.4 Å². The first-order valence-electron chi connectivity index (χ1n) is 5.01. The molecule has 0 fully saturated rings. The van der Waals surface area contributed by atoms with Crippen LogP contribution < -0.4 is 0 Å². The topological polar surface area (TPSA) is 101 Å². The summed E-state index contributed by atoms with van der Waals surface area (Å²) in [4.78, 5) is 11.1. The molecule has 0 radical (unpaired) electrons. The van der Waals surface area contributed by atoms with Crippen LogP contribution in [0.5, 0.6) is 0 Å². The van der Waals surface area contributed by atoms with Gasteiger partial charge in [-0.2, -0.15) is 0 Å². The fourth-order valence-electron chi connectivity index (χ4n) is 1.34. The summed E-state index contributed by atoms with van der Waals surface area (Å²) in [7, 11) is -2.23. The maximum Gasteiger partial charge on any atom is 0.337 e. The highest BCUT2D eigenvalue weighted by Gasteiger charge is 2.26. The number of hydrogen-bond donors (Lipinski definition) is 2. The Hall–Kier alpha value is -1.44. The fraction of sp³-hybridized carbons (Fsp3) is 0.364.